The molecule has 1 aliphatic rings. The van der Waals surface area contributed by atoms with Gasteiger partial charge in [-0.15, -0.1) is 11.3 Å². The van der Waals surface area contributed by atoms with Crippen LogP contribution in [0.25, 0.3) is 0 Å². The second-order valence-corrected chi connectivity index (χ2v) is 6.47. The lowest BCUT2D eigenvalue weighted by atomic mass is 10.1. The highest BCUT2D eigenvalue weighted by molar-refractivity contribution is 7.09. The highest BCUT2D eigenvalue weighted by Gasteiger charge is 2.15. The number of thiophene rings is 1. The highest BCUT2D eigenvalue weighted by Crippen LogP contribution is 2.24. The Morgan fingerprint density at radius 3 is 2.59 bits per heavy atom. The molecule has 2 heterocycles. The summed E-state index contributed by atoms with van der Waals surface area (Å²) in [5.74, 6) is 0. The Bertz CT molecular complexity index is 606. The van der Waals surface area contributed by atoms with Crippen molar-refractivity contribution in [3.05, 3.63) is 52.2 Å². The third-order valence-corrected chi connectivity index (χ3v) is 4.76. The van der Waals surface area contributed by atoms with Crippen LogP contribution in [0.1, 0.15) is 23.3 Å². The standard InChI is InChI=1S/C17H21N3OS/c21-17(19-13-15-7-5-11-22-15)18-12-14-6-1-2-8-16(14)20-9-3-4-10-20/h1-2,5-8,11H,3-4,9-10,12-13H2,(H2,18,19,21). The van der Waals surface area contributed by atoms with Crippen molar-refractivity contribution in [2.24, 2.45) is 0 Å². The maximum atomic E-state index is 11.9. The van der Waals surface area contributed by atoms with Crippen LogP contribution >= 0.6 is 11.3 Å². The minimum absolute atomic E-state index is 0.121. The zero-order valence-corrected chi connectivity index (χ0v) is 13.4. The first-order valence-electron chi connectivity index (χ1n) is 7.70. The third kappa shape index (κ3) is 3.80. The van der Waals surface area contributed by atoms with Crippen LogP contribution in [0.3, 0.4) is 0 Å². The summed E-state index contributed by atoms with van der Waals surface area (Å²) in [5, 5.41) is 7.86. The summed E-state index contributed by atoms with van der Waals surface area (Å²) in [4.78, 5) is 15.5. The number of carbonyl (C=O) groups excluding carboxylic acids is 1. The van der Waals surface area contributed by atoms with Gasteiger partial charge in [0.15, 0.2) is 0 Å². The van der Waals surface area contributed by atoms with E-state index in [1.807, 2.05) is 23.6 Å². The van der Waals surface area contributed by atoms with Crippen LogP contribution in [0.5, 0.6) is 0 Å². The Balaban J connectivity index is 1.53. The predicted octanol–water partition coefficient (Wildman–Crippen LogP) is 3.35. The summed E-state index contributed by atoms with van der Waals surface area (Å²) >= 11 is 1.65. The van der Waals surface area contributed by atoms with Gasteiger partial charge in [0.2, 0.25) is 0 Å². The van der Waals surface area contributed by atoms with Gasteiger partial charge in [0.25, 0.3) is 0 Å². The molecule has 0 radical (unpaired) electrons. The molecule has 1 fully saturated rings. The fraction of sp³-hybridized carbons (Fsp3) is 0.353. The Morgan fingerprint density at radius 1 is 1.05 bits per heavy atom. The SMILES string of the molecule is O=C(NCc1cccs1)NCc1ccccc1N1CCCC1. The van der Waals surface area contributed by atoms with Gasteiger partial charge in [0.1, 0.15) is 0 Å². The van der Waals surface area contributed by atoms with E-state index in [0.29, 0.717) is 13.1 Å². The van der Waals surface area contributed by atoms with Crippen LogP contribution in [0.4, 0.5) is 10.5 Å². The van der Waals surface area contributed by atoms with E-state index in [0.717, 1.165) is 18.0 Å². The van der Waals surface area contributed by atoms with E-state index in [9.17, 15) is 4.79 Å². The number of benzene rings is 1. The van der Waals surface area contributed by atoms with Gasteiger partial charge in [-0.3, -0.25) is 0 Å². The third-order valence-electron chi connectivity index (χ3n) is 3.88. The van der Waals surface area contributed by atoms with Gasteiger partial charge in [-0.05, 0) is 35.9 Å². The van der Waals surface area contributed by atoms with Gasteiger partial charge >= 0.3 is 6.03 Å². The lowest BCUT2D eigenvalue weighted by Crippen LogP contribution is -2.34. The molecule has 0 aliphatic carbocycles. The molecule has 2 amide bonds. The first-order valence-corrected chi connectivity index (χ1v) is 8.58. The Hall–Kier alpha value is -2.01. The molecule has 2 N–H and O–H groups in total. The molecule has 1 aromatic carbocycles. The molecule has 3 rings (SSSR count). The molecule has 5 heteroatoms. The van der Waals surface area contributed by atoms with Crippen molar-refractivity contribution >= 4 is 23.1 Å². The Labute approximate surface area is 135 Å². The molecule has 0 saturated carbocycles. The van der Waals surface area contributed by atoms with E-state index < -0.39 is 0 Å². The van der Waals surface area contributed by atoms with Gasteiger partial charge in [-0.1, -0.05) is 24.3 Å². The van der Waals surface area contributed by atoms with Crippen molar-refractivity contribution in [1.82, 2.24) is 10.6 Å². The van der Waals surface area contributed by atoms with E-state index >= 15 is 0 Å². The highest BCUT2D eigenvalue weighted by atomic mass is 32.1. The van der Waals surface area contributed by atoms with Gasteiger partial charge in [0.05, 0.1) is 6.54 Å². The molecular formula is C17H21N3OS. The molecule has 1 aliphatic heterocycles. The molecule has 1 aromatic heterocycles. The average Bonchev–Trinajstić information content (AvgIpc) is 3.24. The van der Waals surface area contributed by atoms with Crippen LogP contribution in [-0.2, 0) is 13.1 Å². The summed E-state index contributed by atoms with van der Waals surface area (Å²) < 4.78 is 0. The van der Waals surface area contributed by atoms with Crippen LogP contribution in [-0.4, -0.2) is 19.1 Å². The number of rotatable bonds is 5. The zero-order chi connectivity index (χ0) is 15.2. The molecule has 0 spiro atoms. The molecule has 1 saturated heterocycles. The zero-order valence-electron chi connectivity index (χ0n) is 12.5. The smallest absolute Gasteiger partial charge is 0.315 e. The second kappa shape index (κ2) is 7.31. The van der Waals surface area contributed by atoms with Crippen molar-refractivity contribution < 1.29 is 4.79 Å². The van der Waals surface area contributed by atoms with Gasteiger partial charge < -0.3 is 15.5 Å². The van der Waals surface area contributed by atoms with Gasteiger partial charge in [0, 0.05) is 30.2 Å². The maximum Gasteiger partial charge on any atom is 0.315 e. The monoisotopic (exact) mass is 315 g/mol. The van der Waals surface area contributed by atoms with Crippen LogP contribution in [0.15, 0.2) is 41.8 Å². The first-order chi connectivity index (χ1) is 10.8. The van der Waals surface area contributed by atoms with Crippen LogP contribution in [0, 0.1) is 0 Å². The van der Waals surface area contributed by atoms with Crippen LogP contribution in [0.2, 0.25) is 0 Å². The summed E-state index contributed by atoms with van der Waals surface area (Å²) in [7, 11) is 0. The van der Waals surface area contributed by atoms with Gasteiger partial charge in [-0.2, -0.15) is 0 Å². The number of carbonyl (C=O) groups is 1. The second-order valence-electron chi connectivity index (χ2n) is 5.44. The average molecular weight is 315 g/mol. The molecule has 2 aromatic rings. The lowest BCUT2D eigenvalue weighted by Gasteiger charge is -2.21. The fourth-order valence-corrected chi connectivity index (χ4v) is 3.39. The summed E-state index contributed by atoms with van der Waals surface area (Å²) in [5.41, 5.74) is 2.43. The number of para-hydroxylation sites is 1. The number of anilines is 1. The Morgan fingerprint density at radius 2 is 1.82 bits per heavy atom. The van der Waals surface area contributed by atoms with E-state index in [1.165, 1.54) is 24.1 Å². The first kappa shape index (κ1) is 14.9. The van der Waals surface area contributed by atoms with Gasteiger partial charge in [-0.25, -0.2) is 4.79 Å². The van der Waals surface area contributed by atoms with Crippen molar-refractivity contribution in [3.63, 3.8) is 0 Å². The Kier molecular flexibility index (Phi) is 4.96. The van der Waals surface area contributed by atoms with Crippen molar-refractivity contribution in [3.8, 4) is 0 Å². The largest absolute Gasteiger partial charge is 0.371 e. The van der Waals surface area contributed by atoms with E-state index in [4.69, 9.17) is 0 Å². The van der Waals surface area contributed by atoms with Crippen molar-refractivity contribution in [2.45, 2.75) is 25.9 Å². The topological polar surface area (TPSA) is 44.4 Å². The number of nitrogens with zero attached hydrogens (tertiary/aromatic N) is 1. The molecule has 0 bridgehead atoms. The molecular weight excluding hydrogens is 294 g/mol. The molecule has 0 atom stereocenters. The molecule has 116 valence electrons. The summed E-state index contributed by atoms with van der Waals surface area (Å²) in [6.07, 6.45) is 2.51. The van der Waals surface area contributed by atoms with Crippen molar-refractivity contribution in [2.75, 3.05) is 18.0 Å². The number of hydrogen-bond donors (Lipinski definition) is 2. The normalized spacial score (nSPS) is 14.1. The van der Waals surface area contributed by atoms with E-state index in [1.54, 1.807) is 11.3 Å². The predicted molar refractivity (Wildman–Crippen MR) is 91.3 cm³/mol. The van der Waals surface area contributed by atoms with E-state index in [-0.39, 0.29) is 6.03 Å². The summed E-state index contributed by atoms with van der Waals surface area (Å²) in [6, 6.07) is 12.2. The van der Waals surface area contributed by atoms with E-state index in [2.05, 4.69) is 33.7 Å². The number of nitrogens with one attached hydrogen (secondary N) is 2. The number of amides is 2. The molecule has 4 nitrogen and oxygen atoms in total. The van der Waals surface area contributed by atoms with Crippen molar-refractivity contribution in [1.29, 1.82) is 0 Å². The fourth-order valence-electron chi connectivity index (χ4n) is 2.75. The number of hydrogen-bond acceptors (Lipinski definition) is 3. The quantitative estimate of drug-likeness (QED) is 0.889. The maximum absolute atomic E-state index is 11.9. The minimum Gasteiger partial charge on any atom is -0.371 e. The number of urea groups is 1. The van der Waals surface area contributed by atoms with Crippen LogP contribution < -0.4 is 15.5 Å². The lowest BCUT2D eigenvalue weighted by molar-refractivity contribution is 0.240. The molecule has 0 unspecified atom stereocenters. The molecule has 22 heavy (non-hydrogen) atoms. The summed E-state index contributed by atoms with van der Waals surface area (Å²) in [6.45, 7) is 3.36. The minimum atomic E-state index is -0.121.